The Hall–Kier alpha value is -12.3. The molecule has 0 radical (unpaired) electrons. The second-order valence-corrected chi connectivity index (χ2v) is 27.4. The molecule has 1 aliphatic carbocycles. The third kappa shape index (κ3) is 9.64. The Morgan fingerprint density at radius 2 is 0.673 bits per heavy atom. The SMILES string of the molecule is CC1(C)c2ccccc2-c2ccc(N(c3ccc(-c4ccccc4)cc3)c3cc4oc5cc(-c6ccc7c(c6)sc6ccc(N(c8ccc(-c9ccccc9)cc8)c8ccc(-c9cc%10oc%11ccccc%11c%10cc9-c9ccccc9)cc8)cc67)ccc5c4cc3-c3ccccc3)cc21. The first-order valence-corrected chi connectivity index (χ1v) is 34.4. The van der Waals surface area contributed by atoms with Gasteiger partial charge in [0.15, 0.2) is 0 Å². The van der Waals surface area contributed by atoms with E-state index in [9.17, 15) is 0 Å². The summed E-state index contributed by atoms with van der Waals surface area (Å²) in [6.45, 7) is 4.71. The zero-order chi connectivity index (χ0) is 65.0. The fraction of sp³-hybridized carbons (Fsp3) is 0.0323. The molecule has 4 nitrogen and oxygen atoms in total. The van der Waals surface area contributed by atoms with Crippen molar-refractivity contribution in [3.63, 3.8) is 0 Å². The molecule has 0 amide bonds. The van der Waals surface area contributed by atoms with Gasteiger partial charge < -0.3 is 18.6 Å². The number of furan rings is 2. The average Bonchev–Trinajstić information content (AvgIpc) is 1.58. The maximum atomic E-state index is 7.11. The smallest absolute Gasteiger partial charge is 0.137 e. The number of hydrogen-bond acceptors (Lipinski definition) is 5. The van der Waals surface area contributed by atoms with E-state index in [1.54, 1.807) is 0 Å². The van der Waals surface area contributed by atoms with Crippen molar-refractivity contribution >= 4 is 110 Å². The van der Waals surface area contributed by atoms with Gasteiger partial charge >= 0.3 is 0 Å². The second-order valence-electron chi connectivity index (χ2n) is 26.3. The molecule has 0 unspecified atom stereocenters. The topological polar surface area (TPSA) is 32.8 Å². The summed E-state index contributed by atoms with van der Waals surface area (Å²) in [5.74, 6) is 0. The molecule has 1 aliphatic rings. The monoisotopic (exact) mass is 1270 g/mol. The minimum absolute atomic E-state index is 0.183. The van der Waals surface area contributed by atoms with Gasteiger partial charge in [-0.05, 0) is 193 Å². The first kappa shape index (κ1) is 57.2. The van der Waals surface area contributed by atoms with E-state index in [1.807, 2.05) is 17.4 Å². The Bertz CT molecular complexity index is 6110. The Kier molecular flexibility index (Phi) is 13.4. The molecule has 3 aromatic heterocycles. The highest BCUT2D eigenvalue weighted by molar-refractivity contribution is 7.25. The van der Waals surface area contributed by atoms with Gasteiger partial charge in [0.25, 0.3) is 0 Å². The second kappa shape index (κ2) is 23.0. The van der Waals surface area contributed by atoms with Gasteiger partial charge in [0.05, 0.1) is 5.69 Å². The van der Waals surface area contributed by atoms with Crippen LogP contribution >= 0.6 is 11.3 Å². The van der Waals surface area contributed by atoms with Crippen molar-refractivity contribution in [3.05, 3.63) is 351 Å². The third-order valence-electron chi connectivity index (χ3n) is 20.3. The van der Waals surface area contributed by atoms with Crippen LogP contribution in [0.4, 0.5) is 34.1 Å². The molecule has 0 bridgehead atoms. The van der Waals surface area contributed by atoms with Crippen LogP contribution in [-0.4, -0.2) is 0 Å². The largest absolute Gasteiger partial charge is 0.456 e. The van der Waals surface area contributed by atoms with Crippen LogP contribution in [0.3, 0.4) is 0 Å². The van der Waals surface area contributed by atoms with Crippen molar-refractivity contribution in [2.75, 3.05) is 9.80 Å². The molecule has 98 heavy (non-hydrogen) atoms. The Morgan fingerprint density at radius 1 is 0.235 bits per heavy atom. The standard InChI is InChI=1S/C93H62N2O2S/c1-93(2)84-29-17-15-27-73(84)74-49-45-72(54-85(74)93)95(70-41-33-62(34-42-70)60-21-9-4-10-22-60)86-58-90-82(56-80(86)64-25-13-6-14-26-64)76-47-37-66(51-88(76)97-90)67-38-48-77-83-53-71(46-50-91(83)98-92(77)52-67)94(68-39-31-61(32-40-68)59-19-7-3-8-20-59)69-43-35-65(36-44-69)79-57-89-81(75-28-16-18-30-87(75)96-89)55-78(79)63-23-11-5-12-24-63/h3-58H,1-2H3. The van der Waals surface area contributed by atoms with E-state index < -0.39 is 0 Å². The van der Waals surface area contributed by atoms with Crippen LogP contribution in [0.5, 0.6) is 0 Å². The summed E-state index contributed by atoms with van der Waals surface area (Å²) in [6, 6.07) is 124. The van der Waals surface area contributed by atoms with Crippen LogP contribution in [0, 0.1) is 0 Å². The highest BCUT2D eigenvalue weighted by Gasteiger charge is 2.36. The normalized spacial score (nSPS) is 12.5. The lowest BCUT2D eigenvalue weighted by Gasteiger charge is -2.30. The molecule has 0 aliphatic heterocycles. The van der Waals surface area contributed by atoms with Crippen LogP contribution in [0.25, 0.3) is 142 Å². The molecule has 15 aromatic carbocycles. The fourth-order valence-corrected chi connectivity index (χ4v) is 16.5. The summed E-state index contributed by atoms with van der Waals surface area (Å²) in [6.07, 6.45) is 0. The molecule has 0 saturated heterocycles. The number of thiophene rings is 1. The van der Waals surface area contributed by atoms with Crippen molar-refractivity contribution in [1.29, 1.82) is 0 Å². The first-order valence-electron chi connectivity index (χ1n) is 33.6. The molecular formula is C93H62N2O2S. The van der Waals surface area contributed by atoms with E-state index in [4.69, 9.17) is 8.83 Å². The van der Waals surface area contributed by atoms with Gasteiger partial charge in [-0.3, -0.25) is 0 Å². The molecule has 0 fully saturated rings. The van der Waals surface area contributed by atoms with Crippen molar-refractivity contribution in [2.24, 2.45) is 0 Å². The van der Waals surface area contributed by atoms with Gasteiger partial charge in [-0.15, -0.1) is 11.3 Å². The van der Waals surface area contributed by atoms with Gasteiger partial charge in [-0.25, -0.2) is 0 Å². The highest BCUT2D eigenvalue weighted by Crippen LogP contribution is 2.53. The number of rotatable bonds is 12. The predicted octanol–water partition coefficient (Wildman–Crippen LogP) is 27.1. The minimum atomic E-state index is -0.183. The summed E-state index contributed by atoms with van der Waals surface area (Å²) in [5.41, 5.74) is 28.7. The lowest BCUT2D eigenvalue weighted by atomic mass is 9.82. The number of nitrogens with zero attached hydrogens (tertiary/aromatic N) is 2. The van der Waals surface area contributed by atoms with Crippen LogP contribution in [0.2, 0.25) is 0 Å². The summed E-state index contributed by atoms with van der Waals surface area (Å²) < 4.78 is 16.1. The number of hydrogen-bond donors (Lipinski definition) is 0. The quantitative estimate of drug-likeness (QED) is 0.122. The van der Waals surface area contributed by atoms with Crippen molar-refractivity contribution in [3.8, 4) is 77.9 Å². The van der Waals surface area contributed by atoms with E-state index >= 15 is 0 Å². The molecule has 462 valence electrons. The predicted molar refractivity (Wildman–Crippen MR) is 413 cm³/mol. The lowest BCUT2D eigenvalue weighted by Crippen LogP contribution is -2.17. The van der Waals surface area contributed by atoms with E-state index in [1.165, 1.54) is 64.7 Å². The number of benzene rings is 15. The summed E-state index contributed by atoms with van der Waals surface area (Å²) in [4.78, 5) is 4.82. The zero-order valence-electron chi connectivity index (χ0n) is 54.0. The maximum absolute atomic E-state index is 7.11. The molecular weight excluding hydrogens is 1210 g/mol. The van der Waals surface area contributed by atoms with Crippen LogP contribution in [0.1, 0.15) is 25.0 Å². The van der Waals surface area contributed by atoms with E-state index in [2.05, 4.69) is 357 Å². The third-order valence-corrected chi connectivity index (χ3v) is 21.4. The van der Waals surface area contributed by atoms with Gasteiger partial charge in [0, 0.05) is 87.2 Å². The van der Waals surface area contributed by atoms with E-state index in [0.29, 0.717) is 0 Å². The Morgan fingerprint density at radius 3 is 1.35 bits per heavy atom. The first-order chi connectivity index (χ1) is 48.3. The van der Waals surface area contributed by atoms with Crippen LogP contribution in [0.15, 0.2) is 349 Å². The van der Waals surface area contributed by atoms with Crippen LogP contribution in [-0.2, 0) is 5.41 Å². The maximum Gasteiger partial charge on any atom is 0.137 e. The summed E-state index contributed by atoms with van der Waals surface area (Å²) >= 11 is 1.84. The van der Waals surface area contributed by atoms with E-state index in [0.717, 1.165) is 123 Å². The van der Waals surface area contributed by atoms with E-state index in [-0.39, 0.29) is 5.41 Å². The van der Waals surface area contributed by atoms with Crippen molar-refractivity contribution < 1.29 is 8.83 Å². The summed E-state index contributed by atoms with van der Waals surface area (Å²) in [7, 11) is 0. The Labute approximate surface area is 572 Å². The summed E-state index contributed by atoms with van der Waals surface area (Å²) in [5, 5.41) is 6.83. The molecule has 19 rings (SSSR count). The van der Waals surface area contributed by atoms with Crippen LogP contribution < -0.4 is 9.80 Å². The van der Waals surface area contributed by atoms with Crippen molar-refractivity contribution in [1.82, 2.24) is 0 Å². The molecule has 0 saturated carbocycles. The Balaban J connectivity index is 0.696. The number of fused-ring (bicyclic) bond motifs is 12. The number of anilines is 6. The number of para-hydroxylation sites is 1. The molecule has 18 aromatic rings. The molecule has 0 atom stereocenters. The van der Waals surface area contributed by atoms with Gasteiger partial charge in [-0.1, -0.05) is 238 Å². The zero-order valence-corrected chi connectivity index (χ0v) is 54.8. The molecule has 5 heteroatoms. The fourth-order valence-electron chi connectivity index (χ4n) is 15.3. The minimum Gasteiger partial charge on any atom is -0.456 e. The average molecular weight is 1270 g/mol. The van der Waals surface area contributed by atoms with Gasteiger partial charge in [-0.2, -0.15) is 0 Å². The van der Waals surface area contributed by atoms with Crippen molar-refractivity contribution in [2.45, 2.75) is 19.3 Å². The lowest BCUT2D eigenvalue weighted by molar-refractivity contribution is 0.660. The molecule has 0 N–H and O–H groups in total. The highest BCUT2D eigenvalue weighted by atomic mass is 32.1. The molecule has 0 spiro atoms. The van der Waals surface area contributed by atoms with Gasteiger partial charge in [0.1, 0.15) is 22.3 Å². The molecule has 3 heterocycles. The van der Waals surface area contributed by atoms with Gasteiger partial charge in [0.2, 0.25) is 0 Å².